The van der Waals surface area contributed by atoms with E-state index in [-0.39, 0.29) is 36.1 Å². The molecule has 0 aliphatic rings. The minimum absolute atomic E-state index is 0.158. The molecule has 0 aliphatic carbocycles. The zero-order chi connectivity index (χ0) is 31.6. The van der Waals surface area contributed by atoms with E-state index < -0.39 is 10.9 Å². The fourth-order valence-electron chi connectivity index (χ4n) is 4.80. The molecule has 0 saturated heterocycles. The van der Waals surface area contributed by atoms with Gasteiger partial charge in [-0.2, -0.15) is 9.36 Å². The summed E-state index contributed by atoms with van der Waals surface area (Å²) in [6.45, 7) is 0.886. The first-order valence-electron chi connectivity index (χ1n) is 14.1. The van der Waals surface area contributed by atoms with Crippen LogP contribution in [0.5, 0.6) is 0 Å². The summed E-state index contributed by atoms with van der Waals surface area (Å²) in [5.41, 5.74) is 4.10. The number of carbonyl (C=O) groups is 1. The Morgan fingerprint density at radius 2 is 1.53 bits per heavy atom. The lowest BCUT2D eigenvalue weighted by Crippen LogP contribution is -2.38. The molecule has 0 spiro atoms. The van der Waals surface area contributed by atoms with Crippen molar-refractivity contribution in [2.24, 2.45) is 0 Å². The Kier molecular flexibility index (Phi) is 10.9. The third-order valence-corrected chi connectivity index (χ3v) is 8.32. The average Bonchev–Trinajstić information content (AvgIpc) is 3.52. The highest BCUT2D eigenvalue weighted by molar-refractivity contribution is 7.70. The van der Waals surface area contributed by atoms with Crippen molar-refractivity contribution < 1.29 is 22.0 Å². The SMILES string of the molecule is O=C(Nc1nsc(-c2ccc(CN[SH](=O)=O)cc2)n1)N(CCc1ccccn1)CCC(c1ccc(F)cc1)c1ccc(F)cc1. The first kappa shape index (κ1) is 31.8. The van der Waals surface area contributed by atoms with Crippen LogP contribution in [0.15, 0.2) is 97.2 Å². The number of hydrogen-bond donors (Lipinski definition) is 3. The van der Waals surface area contributed by atoms with Gasteiger partial charge in [-0.3, -0.25) is 10.3 Å². The summed E-state index contributed by atoms with van der Waals surface area (Å²) in [5.74, 6) is -0.764. The highest BCUT2D eigenvalue weighted by Crippen LogP contribution is 2.29. The van der Waals surface area contributed by atoms with E-state index in [4.69, 9.17) is 0 Å². The van der Waals surface area contributed by atoms with Crippen LogP contribution in [-0.4, -0.2) is 46.8 Å². The van der Waals surface area contributed by atoms with Crippen LogP contribution in [-0.2, 0) is 23.9 Å². The first-order valence-corrected chi connectivity index (χ1v) is 16.1. The van der Waals surface area contributed by atoms with Crippen LogP contribution in [0.1, 0.15) is 34.7 Å². The predicted octanol–water partition coefficient (Wildman–Crippen LogP) is 5.79. The van der Waals surface area contributed by atoms with Crippen LogP contribution in [0.25, 0.3) is 10.6 Å². The number of nitrogens with zero attached hydrogens (tertiary/aromatic N) is 4. The molecule has 5 rings (SSSR count). The standard InChI is InChI=1S/C32H30F2N6O3S2/c33-26-12-8-23(9-13-26)29(24-10-14-27(34)15-11-24)17-20-40(19-16-28-3-1-2-18-35-28)32(41)38-31-37-30(44-39-31)25-6-4-22(5-7-25)21-36-45(42)43/h1-15,18,29,45H,16-17,19-21H2,(H,36,42,43)(H,38,39,41). The van der Waals surface area contributed by atoms with Crippen molar-refractivity contribution in [2.45, 2.75) is 25.3 Å². The summed E-state index contributed by atoms with van der Waals surface area (Å²) < 4.78 is 55.7. The van der Waals surface area contributed by atoms with Crippen LogP contribution in [0.2, 0.25) is 0 Å². The maximum atomic E-state index is 13.7. The Morgan fingerprint density at radius 1 is 0.867 bits per heavy atom. The van der Waals surface area contributed by atoms with Gasteiger partial charge in [-0.1, -0.05) is 54.6 Å². The van der Waals surface area contributed by atoms with Gasteiger partial charge in [0, 0.05) is 49.4 Å². The normalized spacial score (nSPS) is 11.2. The highest BCUT2D eigenvalue weighted by Gasteiger charge is 2.21. The number of aromatic nitrogens is 3. The van der Waals surface area contributed by atoms with Gasteiger partial charge in [0.1, 0.15) is 16.6 Å². The molecule has 232 valence electrons. The molecule has 3 aromatic carbocycles. The molecule has 2 amide bonds. The molecule has 2 N–H and O–H groups in total. The Balaban J connectivity index is 1.31. The lowest BCUT2D eigenvalue weighted by Gasteiger charge is -2.26. The van der Waals surface area contributed by atoms with Crippen molar-refractivity contribution in [3.63, 3.8) is 0 Å². The smallest absolute Gasteiger partial charge is 0.324 e. The predicted molar refractivity (Wildman–Crippen MR) is 170 cm³/mol. The molecule has 45 heavy (non-hydrogen) atoms. The van der Waals surface area contributed by atoms with Gasteiger partial charge in [0.05, 0.1) is 0 Å². The van der Waals surface area contributed by atoms with Crippen LogP contribution in [0, 0.1) is 11.6 Å². The van der Waals surface area contributed by atoms with Gasteiger partial charge in [0.25, 0.3) is 0 Å². The van der Waals surface area contributed by atoms with Crippen LogP contribution in [0.4, 0.5) is 19.5 Å². The number of carbonyl (C=O) groups excluding carboxylic acids is 1. The number of urea groups is 1. The van der Waals surface area contributed by atoms with E-state index in [1.807, 2.05) is 30.3 Å². The lowest BCUT2D eigenvalue weighted by molar-refractivity contribution is 0.210. The number of hydrogen-bond acceptors (Lipinski definition) is 7. The molecular weight excluding hydrogens is 619 g/mol. The number of nitrogens with one attached hydrogen (secondary N) is 2. The van der Waals surface area contributed by atoms with E-state index in [2.05, 4.69) is 24.4 Å². The fourth-order valence-corrected chi connectivity index (χ4v) is 5.74. The zero-order valence-corrected chi connectivity index (χ0v) is 25.7. The average molecular weight is 649 g/mol. The van der Waals surface area contributed by atoms with Crippen LogP contribution in [0.3, 0.4) is 0 Å². The Hall–Kier alpha value is -4.59. The van der Waals surface area contributed by atoms with Gasteiger partial charge in [-0.25, -0.2) is 26.7 Å². The topological polar surface area (TPSA) is 117 Å². The van der Waals surface area contributed by atoms with Gasteiger partial charge in [-0.15, -0.1) is 0 Å². The van der Waals surface area contributed by atoms with Crippen molar-refractivity contribution in [1.82, 2.24) is 24.0 Å². The Bertz CT molecular complexity index is 1710. The fraction of sp³-hybridized carbons (Fsp3) is 0.188. The second kappa shape index (κ2) is 15.4. The number of pyridine rings is 1. The van der Waals surface area contributed by atoms with Gasteiger partial charge in [-0.05, 0) is 71.0 Å². The molecule has 13 heteroatoms. The number of anilines is 1. The van der Waals surface area contributed by atoms with Crippen LogP contribution >= 0.6 is 11.5 Å². The van der Waals surface area contributed by atoms with E-state index in [9.17, 15) is 22.0 Å². The molecule has 0 atom stereocenters. The summed E-state index contributed by atoms with van der Waals surface area (Å²) in [4.78, 5) is 24.1. The quantitative estimate of drug-likeness (QED) is 0.139. The molecule has 2 heterocycles. The maximum Gasteiger partial charge on any atom is 0.324 e. The summed E-state index contributed by atoms with van der Waals surface area (Å²) in [6.07, 6.45) is 2.71. The number of benzene rings is 3. The molecule has 2 aromatic heterocycles. The summed E-state index contributed by atoms with van der Waals surface area (Å²) in [5, 5.41) is 3.40. The largest absolute Gasteiger partial charge is 0.324 e. The number of halogens is 2. The zero-order valence-electron chi connectivity index (χ0n) is 24.0. The molecule has 0 aliphatic heterocycles. The van der Waals surface area contributed by atoms with Crippen molar-refractivity contribution in [3.05, 3.63) is 131 Å². The van der Waals surface area contributed by atoms with E-state index in [0.717, 1.165) is 39.5 Å². The van der Waals surface area contributed by atoms with Gasteiger partial charge >= 0.3 is 6.03 Å². The third kappa shape index (κ3) is 9.20. The molecule has 0 unspecified atom stereocenters. The van der Waals surface area contributed by atoms with E-state index in [1.165, 1.54) is 24.3 Å². The first-order chi connectivity index (χ1) is 21.8. The molecule has 9 nitrogen and oxygen atoms in total. The minimum atomic E-state index is -2.68. The minimum Gasteiger partial charge on any atom is -0.324 e. The second-order valence-electron chi connectivity index (χ2n) is 10.1. The molecule has 0 radical (unpaired) electrons. The van der Waals surface area contributed by atoms with Gasteiger partial charge in [0.2, 0.25) is 16.8 Å². The highest BCUT2D eigenvalue weighted by atomic mass is 32.2. The van der Waals surface area contributed by atoms with E-state index >= 15 is 0 Å². The number of rotatable bonds is 13. The Labute approximate surface area is 265 Å². The van der Waals surface area contributed by atoms with Crippen LogP contribution < -0.4 is 10.0 Å². The third-order valence-electron chi connectivity index (χ3n) is 7.14. The lowest BCUT2D eigenvalue weighted by atomic mass is 9.88. The van der Waals surface area contributed by atoms with Gasteiger partial charge < -0.3 is 4.90 Å². The van der Waals surface area contributed by atoms with E-state index in [0.29, 0.717) is 30.9 Å². The van der Waals surface area contributed by atoms with Crippen molar-refractivity contribution in [2.75, 3.05) is 18.4 Å². The summed E-state index contributed by atoms with van der Waals surface area (Å²) in [7, 11) is -2.68. The molecule has 0 saturated carbocycles. The van der Waals surface area contributed by atoms with E-state index in [1.54, 1.807) is 47.5 Å². The molecule has 0 bridgehead atoms. The van der Waals surface area contributed by atoms with Gasteiger partial charge in [0.15, 0.2) is 0 Å². The molecule has 0 fully saturated rings. The Morgan fingerprint density at radius 3 is 2.13 bits per heavy atom. The monoisotopic (exact) mass is 648 g/mol. The van der Waals surface area contributed by atoms with Crippen molar-refractivity contribution in [3.8, 4) is 10.6 Å². The van der Waals surface area contributed by atoms with Crippen molar-refractivity contribution in [1.29, 1.82) is 0 Å². The number of amides is 2. The number of thiol groups is 1. The molecular formula is C32H30F2N6O3S2. The molecule has 5 aromatic rings. The second-order valence-corrected chi connectivity index (χ2v) is 11.7. The van der Waals surface area contributed by atoms with Crippen molar-refractivity contribution >= 4 is 34.4 Å². The summed E-state index contributed by atoms with van der Waals surface area (Å²) >= 11 is 1.13. The maximum absolute atomic E-state index is 13.7. The summed E-state index contributed by atoms with van der Waals surface area (Å²) in [6, 6.07) is 24.8.